The van der Waals surface area contributed by atoms with Gasteiger partial charge in [0.15, 0.2) is 6.29 Å². The van der Waals surface area contributed by atoms with Gasteiger partial charge in [0, 0.05) is 32.7 Å². The maximum Gasteiger partial charge on any atom is 0.238 e. The molecule has 170 valence electrons. The van der Waals surface area contributed by atoms with E-state index in [0.717, 1.165) is 24.7 Å². The molecule has 2 heterocycles. The van der Waals surface area contributed by atoms with Crippen LogP contribution in [0.1, 0.15) is 51.4 Å². The van der Waals surface area contributed by atoms with Gasteiger partial charge in [-0.2, -0.15) is 9.36 Å². The molecule has 9 heteroatoms. The first-order chi connectivity index (χ1) is 14.5. The van der Waals surface area contributed by atoms with Gasteiger partial charge in [0.25, 0.3) is 0 Å². The van der Waals surface area contributed by atoms with E-state index in [4.69, 9.17) is 9.47 Å². The van der Waals surface area contributed by atoms with Crippen molar-refractivity contribution in [1.29, 1.82) is 0 Å². The molecule has 3 N–H and O–H groups in total. The number of aromatic nitrogens is 2. The summed E-state index contributed by atoms with van der Waals surface area (Å²) in [7, 11) is 5.32. The van der Waals surface area contributed by atoms with Crippen molar-refractivity contribution in [2.75, 3.05) is 31.4 Å². The first kappa shape index (κ1) is 22.2. The molecule has 5 atom stereocenters. The number of methoxy groups -OCH3 is 1. The highest BCUT2D eigenvalue weighted by Gasteiger charge is 2.48. The fourth-order valence-corrected chi connectivity index (χ4v) is 5.87. The third-order valence-corrected chi connectivity index (χ3v) is 7.86. The summed E-state index contributed by atoms with van der Waals surface area (Å²) in [5.41, 5.74) is 0. The molecule has 2 aliphatic carbocycles. The van der Waals surface area contributed by atoms with E-state index in [0.29, 0.717) is 11.1 Å². The summed E-state index contributed by atoms with van der Waals surface area (Å²) < 4.78 is 16.0. The van der Waals surface area contributed by atoms with Crippen molar-refractivity contribution in [1.82, 2.24) is 9.36 Å². The molecular weight excluding hydrogens is 404 g/mol. The zero-order valence-electron chi connectivity index (χ0n) is 18.2. The van der Waals surface area contributed by atoms with Gasteiger partial charge in [0.1, 0.15) is 18.2 Å². The second-order valence-corrected chi connectivity index (χ2v) is 10.2. The molecule has 1 aromatic heterocycles. The lowest BCUT2D eigenvalue weighted by Crippen LogP contribution is -2.62. The Hall–Kier alpha value is -1.00. The number of aliphatic hydroxyl groups is 2. The van der Waals surface area contributed by atoms with Crippen molar-refractivity contribution in [2.45, 2.75) is 82.0 Å². The van der Waals surface area contributed by atoms with Crippen LogP contribution in [0.2, 0.25) is 0 Å². The molecule has 1 saturated heterocycles. The Morgan fingerprint density at radius 2 is 1.80 bits per heavy atom. The van der Waals surface area contributed by atoms with Gasteiger partial charge >= 0.3 is 0 Å². The van der Waals surface area contributed by atoms with Crippen molar-refractivity contribution < 1.29 is 19.7 Å². The van der Waals surface area contributed by atoms with E-state index in [9.17, 15) is 10.2 Å². The maximum absolute atomic E-state index is 10.9. The van der Waals surface area contributed by atoms with E-state index in [-0.39, 0.29) is 5.92 Å². The Morgan fingerprint density at radius 3 is 2.37 bits per heavy atom. The summed E-state index contributed by atoms with van der Waals surface area (Å²) in [5, 5.41) is 25.5. The molecule has 0 spiro atoms. The Bertz CT molecular complexity index is 676. The van der Waals surface area contributed by atoms with Crippen LogP contribution in [0.3, 0.4) is 0 Å². The van der Waals surface area contributed by atoms with Crippen molar-refractivity contribution >= 4 is 22.6 Å². The van der Waals surface area contributed by atoms with Crippen molar-refractivity contribution in [3.63, 3.8) is 0 Å². The number of rotatable bonds is 7. The van der Waals surface area contributed by atoms with Crippen LogP contribution in [0.5, 0.6) is 0 Å². The monoisotopic (exact) mass is 440 g/mol. The fourth-order valence-electron chi connectivity index (χ4n) is 5.18. The van der Waals surface area contributed by atoms with Crippen molar-refractivity contribution in [3.8, 4) is 0 Å². The SMILES string of the molecule is CO[C@H]1O[C@H](C2CCC(CC3CCC3)CC2)[C@H](O)[C@H](O)[C@H]1Nc1nc(N(C)C)ns1. The molecule has 0 aromatic carbocycles. The van der Waals surface area contributed by atoms with E-state index in [1.807, 2.05) is 19.0 Å². The van der Waals surface area contributed by atoms with Crippen molar-refractivity contribution in [2.24, 2.45) is 17.8 Å². The number of nitrogens with zero attached hydrogens (tertiary/aromatic N) is 3. The number of nitrogens with one attached hydrogen (secondary N) is 1. The molecule has 0 unspecified atom stereocenters. The summed E-state index contributed by atoms with van der Waals surface area (Å²) in [6, 6.07) is -0.612. The molecule has 4 rings (SSSR count). The molecule has 3 aliphatic rings. The minimum atomic E-state index is -1.01. The molecule has 3 fully saturated rings. The van der Waals surface area contributed by atoms with Crippen LogP contribution in [0.15, 0.2) is 0 Å². The van der Waals surface area contributed by atoms with Crippen LogP contribution < -0.4 is 10.2 Å². The number of aliphatic hydroxyl groups excluding tert-OH is 2. The molecule has 0 amide bonds. The van der Waals surface area contributed by atoms with E-state index in [2.05, 4.69) is 14.7 Å². The number of hydrogen-bond donors (Lipinski definition) is 3. The molecule has 0 bridgehead atoms. The maximum atomic E-state index is 10.9. The van der Waals surface area contributed by atoms with Crippen molar-refractivity contribution in [3.05, 3.63) is 0 Å². The average Bonchev–Trinajstić information content (AvgIpc) is 3.18. The normalized spacial score (nSPS) is 37.6. The summed E-state index contributed by atoms with van der Waals surface area (Å²) in [6.07, 6.45) is 7.04. The molecule has 30 heavy (non-hydrogen) atoms. The standard InChI is InChI=1S/C21H36N4O4S/c1-25(2)20-23-21(30-24-20)22-15-16(26)17(27)18(29-19(15)28-3)14-9-7-13(8-10-14)11-12-5-4-6-12/h12-19,26-27H,4-11H2,1-3H3,(H,22,23,24)/t13?,14?,15-,16-,17-,18-,19+/m1/s1. The van der Waals surface area contributed by atoms with Crippen LogP contribution in [-0.4, -0.2) is 71.4 Å². The summed E-state index contributed by atoms with van der Waals surface area (Å²) in [5.74, 6) is 2.61. The molecule has 1 aromatic rings. The van der Waals surface area contributed by atoms with E-state index in [1.165, 1.54) is 50.1 Å². The smallest absolute Gasteiger partial charge is 0.238 e. The van der Waals surface area contributed by atoms with Gasteiger partial charge in [0.2, 0.25) is 11.1 Å². The first-order valence-corrected chi connectivity index (χ1v) is 12.1. The number of hydrogen-bond acceptors (Lipinski definition) is 9. The summed E-state index contributed by atoms with van der Waals surface area (Å²) in [4.78, 5) is 6.22. The zero-order valence-corrected chi connectivity index (χ0v) is 19.1. The third kappa shape index (κ3) is 4.75. The average molecular weight is 441 g/mol. The minimum absolute atomic E-state index is 0.257. The highest BCUT2D eigenvalue weighted by Crippen LogP contribution is 2.42. The minimum Gasteiger partial charge on any atom is -0.388 e. The zero-order chi connectivity index (χ0) is 21.3. The molecule has 8 nitrogen and oxygen atoms in total. The largest absolute Gasteiger partial charge is 0.388 e. The Balaban J connectivity index is 1.35. The van der Waals surface area contributed by atoms with Gasteiger partial charge in [-0.3, -0.25) is 0 Å². The van der Waals surface area contributed by atoms with Crippen LogP contribution in [0.25, 0.3) is 0 Å². The van der Waals surface area contributed by atoms with Gasteiger partial charge < -0.3 is 29.9 Å². The molecule has 2 saturated carbocycles. The van der Waals surface area contributed by atoms with E-state index < -0.39 is 30.6 Å². The number of anilines is 2. The summed E-state index contributed by atoms with van der Waals surface area (Å²) >= 11 is 1.21. The van der Waals surface area contributed by atoms with Gasteiger partial charge in [-0.25, -0.2) is 0 Å². The highest BCUT2D eigenvalue weighted by molar-refractivity contribution is 7.09. The second-order valence-electron chi connectivity index (χ2n) is 9.46. The second kappa shape index (κ2) is 9.65. The van der Waals surface area contributed by atoms with Crippen LogP contribution in [0, 0.1) is 17.8 Å². The predicted molar refractivity (Wildman–Crippen MR) is 117 cm³/mol. The van der Waals surface area contributed by atoms with Crippen LogP contribution in [-0.2, 0) is 9.47 Å². The topological polar surface area (TPSA) is 100.0 Å². The molecule has 1 aliphatic heterocycles. The van der Waals surface area contributed by atoms with Gasteiger partial charge in [-0.1, -0.05) is 32.1 Å². The van der Waals surface area contributed by atoms with Gasteiger partial charge in [-0.15, -0.1) is 0 Å². The summed E-state index contributed by atoms with van der Waals surface area (Å²) in [6.45, 7) is 0. The highest BCUT2D eigenvalue weighted by atomic mass is 32.1. The fraction of sp³-hybridized carbons (Fsp3) is 0.905. The van der Waals surface area contributed by atoms with Gasteiger partial charge in [0.05, 0.1) is 6.10 Å². The Labute approximate surface area is 183 Å². The first-order valence-electron chi connectivity index (χ1n) is 11.3. The quantitative estimate of drug-likeness (QED) is 0.595. The Kier molecular flexibility index (Phi) is 7.14. The lowest BCUT2D eigenvalue weighted by atomic mass is 9.71. The number of ether oxygens (including phenoxy) is 2. The lowest BCUT2D eigenvalue weighted by Gasteiger charge is -2.46. The third-order valence-electron chi connectivity index (χ3n) is 7.22. The molecular formula is C21H36N4O4S. The Morgan fingerprint density at radius 1 is 1.10 bits per heavy atom. The van der Waals surface area contributed by atoms with E-state index in [1.54, 1.807) is 7.11 Å². The van der Waals surface area contributed by atoms with Gasteiger partial charge in [-0.05, 0) is 37.0 Å². The van der Waals surface area contributed by atoms with Crippen LogP contribution in [0.4, 0.5) is 11.1 Å². The molecule has 0 radical (unpaired) electrons. The predicted octanol–water partition coefficient (Wildman–Crippen LogP) is 2.47. The lowest BCUT2D eigenvalue weighted by molar-refractivity contribution is -0.262. The van der Waals surface area contributed by atoms with Crippen LogP contribution >= 0.6 is 11.5 Å². The van der Waals surface area contributed by atoms with E-state index >= 15 is 0 Å².